The average molecular weight is 571 g/mol. The van der Waals surface area contributed by atoms with Gasteiger partial charge in [0.05, 0.1) is 0 Å². The lowest BCUT2D eigenvalue weighted by Gasteiger charge is -2.30. The largest absolute Gasteiger partial charge is 0.325 e. The van der Waals surface area contributed by atoms with Gasteiger partial charge in [-0.05, 0) is 75.1 Å². The van der Waals surface area contributed by atoms with Crippen molar-refractivity contribution in [3.05, 3.63) is 133 Å². The highest BCUT2D eigenvalue weighted by molar-refractivity contribution is 5.72. The second-order valence-electron chi connectivity index (χ2n) is 11.3. The average Bonchev–Trinajstić information content (AvgIpc) is 2.99. The van der Waals surface area contributed by atoms with Crippen LogP contribution in [0.2, 0.25) is 0 Å². The van der Waals surface area contributed by atoms with Crippen LogP contribution in [0.25, 0.3) is 12.2 Å². The van der Waals surface area contributed by atoms with Gasteiger partial charge in [-0.1, -0.05) is 145 Å². The van der Waals surface area contributed by atoms with E-state index in [0.29, 0.717) is 12.0 Å². The zero-order valence-electron chi connectivity index (χ0n) is 28.7. The maximum absolute atomic E-state index is 4.08. The molecule has 2 atom stereocenters. The molecule has 0 aliphatic carbocycles. The summed E-state index contributed by atoms with van der Waals surface area (Å²) in [5, 5.41) is 0. The van der Waals surface area contributed by atoms with Crippen LogP contribution in [0.1, 0.15) is 97.4 Å². The Balaban J connectivity index is 0. The summed E-state index contributed by atoms with van der Waals surface area (Å²) in [6.07, 6.45) is 11.8. The lowest BCUT2D eigenvalue weighted by Crippen LogP contribution is -2.44. The van der Waals surface area contributed by atoms with Gasteiger partial charge in [0.1, 0.15) is 0 Å². The Hall–Kier alpha value is -3.36. The van der Waals surface area contributed by atoms with E-state index in [1.165, 1.54) is 27.8 Å². The van der Waals surface area contributed by atoms with Gasteiger partial charge in [0.15, 0.2) is 0 Å². The van der Waals surface area contributed by atoms with Crippen molar-refractivity contribution >= 4 is 12.2 Å². The summed E-state index contributed by atoms with van der Waals surface area (Å²) < 4.78 is 0. The van der Waals surface area contributed by atoms with Crippen molar-refractivity contribution in [1.82, 2.24) is 10.9 Å². The molecule has 0 heterocycles. The van der Waals surface area contributed by atoms with Gasteiger partial charge >= 0.3 is 0 Å². The standard InChI is InChI=1S/C17H18.C14H28N2.C7H12.C2H4/c1-3-15-9-6-7-11-17(15)13-12-16-10-5-4-8-14(16)2;1-9-14(7,8)13(6)16-15-12(5)11(4)10(2)3;1-4-5-6-7(2)3;1-2/h4-13H,3H2,1-2H3;11-12,15-16H,2,6,9H2,1,3-5,7-8H3;5-6H,2,4H2,1,3H3;1-2H2/b13-12-;;6-5-;. The Morgan fingerprint density at radius 1 is 0.857 bits per heavy atom. The highest BCUT2D eigenvalue weighted by Crippen LogP contribution is 2.26. The van der Waals surface area contributed by atoms with Gasteiger partial charge in [0.25, 0.3) is 0 Å². The summed E-state index contributed by atoms with van der Waals surface area (Å²) in [4.78, 5) is 0. The van der Waals surface area contributed by atoms with Gasteiger partial charge in [0, 0.05) is 17.2 Å². The van der Waals surface area contributed by atoms with Crippen molar-refractivity contribution in [2.45, 2.75) is 94.5 Å². The van der Waals surface area contributed by atoms with Crippen LogP contribution in [0.4, 0.5) is 0 Å². The minimum atomic E-state index is 0.124. The highest BCUT2D eigenvalue weighted by Gasteiger charge is 2.20. The zero-order valence-corrected chi connectivity index (χ0v) is 28.7. The molecule has 0 aromatic heterocycles. The van der Waals surface area contributed by atoms with Crippen molar-refractivity contribution in [2.75, 3.05) is 0 Å². The first kappa shape index (κ1) is 40.8. The zero-order chi connectivity index (χ0) is 32.7. The first-order valence-electron chi connectivity index (χ1n) is 15.3. The van der Waals surface area contributed by atoms with Crippen LogP contribution in [-0.4, -0.2) is 6.04 Å². The van der Waals surface area contributed by atoms with E-state index < -0.39 is 0 Å². The molecular weight excluding hydrogens is 508 g/mol. The van der Waals surface area contributed by atoms with Gasteiger partial charge in [-0.25, -0.2) is 5.43 Å². The van der Waals surface area contributed by atoms with E-state index in [-0.39, 0.29) is 5.41 Å². The SMILES string of the molecule is C=C.C=C(C)/C=C\CC.C=C(C)C(C)C(C)NNC(=C)C(C)(C)CC.CCc1ccccc1/C=C\c1ccccc1C. The normalized spacial score (nSPS) is 12.0. The molecule has 2 aromatic rings. The van der Waals surface area contributed by atoms with Crippen molar-refractivity contribution in [3.63, 3.8) is 0 Å². The van der Waals surface area contributed by atoms with E-state index >= 15 is 0 Å². The lowest BCUT2D eigenvalue weighted by molar-refractivity contribution is 0.341. The van der Waals surface area contributed by atoms with Crippen molar-refractivity contribution in [3.8, 4) is 0 Å². The molecule has 0 amide bonds. The van der Waals surface area contributed by atoms with Gasteiger partial charge in [-0.2, -0.15) is 0 Å². The van der Waals surface area contributed by atoms with E-state index in [1.807, 2.05) is 13.0 Å². The summed E-state index contributed by atoms with van der Waals surface area (Å²) in [6, 6.07) is 17.4. The fraction of sp³-hybridized carbons (Fsp3) is 0.400. The van der Waals surface area contributed by atoms with E-state index in [1.54, 1.807) is 0 Å². The van der Waals surface area contributed by atoms with Crippen LogP contribution in [-0.2, 0) is 6.42 Å². The summed E-state index contributed by atoms with van der Waals surface area (Å²) in [7, 11) is 0. The van der Waals surface area contributed by atoms with Crippen LogP contribution >= 0.6 is 0 Å². The second-order valence-corrected chi connectivity index (χ2v) is 11.3. The minimum Gasteiger partial charge on any atom is -0.325 e. The monoisotopic (exact) mass is 570 g/mol. The Morgan fingerprint density at radius 2 is 1.38 bits per heavy atom. The van der Waals surface area contributed by atoms with Crippen molar-refractivity contribution in [2.24, 2.45) is 11.3 Å². The molecule has 0 fully saturated rings. The molecule has 0 spiro atoms. The van der Waals surface area contributed by atoms with Crippen LogP contribution in [0.3, 0.4) is 0 Å². The molecule has 0 radical (unpaired) electrons. The number of rotatable bonds is 12. The number of allylic oxidation sites excluding steroid dienone is 4. The summed E-state index contributed by atoms with van der Waals surface area (Å²) >= 11 is 0. The molecular formula is C40H62N2. The molecule has 0 saturated heterocycles. The molecule has 0 aliphatic rings. The van der Waals surface area contributed by atoms with E-state index in [2.05, 4.69) is 173 Å². The number of hydrogen-bond donors (Lipinski definition) is 2. The molecule has 0 aliphatic heterocycles. The predicted octanol–water partition coefficient (Wildman–Crippen LogP) is 11.7. The molecule has 2 rings (SSSR count). The fourth-order valence-electron chi connectivity index (χ4n) is 3.43. The van der Waals surface area contributed by atoms with Crippen molar-refractivity contribution < 1.29 is 0 Å². The maximum atomic E-state index is 4.08. The molecule has 2 N–H and O–H groups in total. The van der Waals surface area contributed by atoms with E-state index in [4.69, 9.17) is 0 Å². The van der Waals surface area contributed by atoms with E-state index in [0.717, 1.165) is 30.5 Å². The quantitative estimate of drug-likeness (QED) is 0.115. The molecule has 2 unspecified atom stereocenters. The molecule has 232 valence electrons. The number of hydrogen-bond acceptors (Lipinski definition) is 2. The third-order valence-electron chi connectivity index (χ3n) is 7.38. The van der Waals surface area contributed by atoms with Crippen LogP contribution in [0, 0.1) is 18.3 Å². The van der Waals surface area contributed by atoms with Gasteiger partial charge < -0.3 is 5.43 Å². The van der Waals surface area contributed by atoms with Crippen LogP contribution in [0.5, 0.6) is 0 Å². The fourth-order valence-corrected chi connectivity index (χ4v) is 3.43. The smallest absolute Gasteiger partial charge is 0.0294 e. The molecule has 2 nitrogen and oxygen atoms in total. The first-order valence-corrected chi connectivity index (χ1v) is 15.3. The lowest BCUT2D eigenvalue weighted by atomic mass is 9.87. The molecule has 2 heteroatoms. The highest BCUT2D eigenvalue weighted by atomic mass is 15.4. The van der Waals surface area contributed by atoms with Crippen LogP contribution in [0.15, 0.2) is 110 Å². The van der Waals surface area contributed by atoms with Gasteiger partial charge in [-0.15, -0.1) is 13.2 Å². The van der Waals surface area contributed by atoms with Crippen molar-refractivity contribution in [1.29, 1.82) is 0 Å². The Labute approximate surface area is 261 Å². The first-order chi connectivity index (χ1) is 19.8. The van der Waals surface area contributed by atoms with Gasteiger partial charge in [0.2, 0.25) is 0 Å². The Bertz CT molecular complexity index is 1120. The van der Waals surface area contributed by atoms with Crippen LogP contribution < -0.4 is 10.9 Å². The number of nitrogens with one attached hydrogen (secondary N) is 2. The summed E-state index contributed by atoms with van der Waals surface area (Å²) in [5.74, 6) is 0.449. The number of hydrazine groups is 1. The molecule has 42 heavy (non-hydrogen) atoms. The molecule has 2 aromatic carbocycles. The third-order valence-corrected chi connectivity index (χ3v) is 7.38. The summed E-state index contributed by atoms with van der Waals surface area (Å²) in [6.45, 7) is 39.1. The molecule has 0 bridgehead atoms. The predicted molar refractivity (Wildman–Crippen MR) is 194 cm³/mol. The Morgan fingerprint density at radius 3 is 1.83 bits per heavy atom. The topological polar surface area (TPSA) is 24.1 Å². The van der Waals surface area contributed by atoms with E-state index in [9.17, 15) is 0 Å². The summed E-state index contributed by atoms with van der Waals surface area (Å²) in [5.41, 5.74) is 15.3. The van der Waals surface area contributed by atoms with Gasteiger partial charge in [-0.3, -0.25) is 0 Å². The number of benzene rings is 2. The number of aryl methyl sites for hydroxylation is 2. The maximum Gasteiger partial charge on any atom is 0.0294 e. The molecule has 0 saturated carbocycles. The minimum absolute atomic E-state index is 0.124. The Kier molecular flexibility index (Phi) is 22.6. The third kappa shape index (κ3) is 17.5. The second kappa shape index (κ2) is 23.2.